The first kappa shape index (κ1) is 17.0. The van der Waals surface area contributed by atoms with Gasteiger partial charge in [-0.1, -0.05) is 18.2 Å². The number of furan rings is 1. The Bertz CT molecular complexity index is 895. The average molecular weight is 342 g/mol. The summed E-state index contributed by atoms with van der Waals surface area (Å²) in [7, 11) is 1.77. The van der Waals surface area contributed by atoms with Gasteiger partial charge in [0.15, 0.2) is 0 Å². The van der Waals surface area contributed by atoms with Crippen molar-refractivity contribution in [3.05, 3.63) is 53.5 Å². The second kappa shape index (κ2) is 6.60. The van der Waals surface area contributed by atoms with E-state index in [4.69, 9.17) is 4.42 Å². The second-order valence-electron chi connectivity index (χ2n) is 6.36. The zero-order valence-corrected chi connectivity index (χ0v) is 14.5. The molecule has 0 fully saturated rings. The molecule has 0 radical (unpaired) electrons. The average Bonchev–Trinajstić information content (AvgIpc) is 3.16. The van der Waals surface area contributed by atoms with E-state index in [1.807, 2.05) is 31.2 Å². The SMILES string of the molecule is Cc1c(CNC(=O)NC[C@](C)(O)c2cnn(C)c2)oc2ccccc12. The Labute approximate surface area is 145 Å². The minimum atomic E-state index is -1.19. The molecule has 3 aromatic rings. The molecule has 1 atom stereocenters. The van der Waals surface area contributed by atoms with Crippen LogP contribution in [0.25, 0.3) is 11.0 Å². The monoisotopic (exact) mass is 342 g/mol. The van der Waals surface area contributed by atoms with Crippen LogP contribution in [0.15, 0.2) is 41.1 Å². The molecule has 0 bridgehead atoms. The summed E-state index contributed by atoms with van der Waals surface area (Å²) < 4.78 is 7.37. The highest BCUT2D eigenvalue weighted by Gasteiger charge is 2.25. The molecule has 0 saturated carbocycles. The molecule has 0 unspecified atom stereocenters. The van der Waals surface area contributed by atoms with Gasteiger partial charge in [0.05, 0.1) is 19.3 Å². The van der Waals surface area contributed by atoms with Crippen LogP contribution in [0.5, 0.6) is 0 Å². The Morgan fingerprint density at radius 3 is 2.80 bits per heavy atom. The molecule has 25 heavy (non-hydrogen) atoms. The molecule has 0 aliphatic carbocycles. The van der Waals surface area contributed by atoms with Gasteiger partial charge in [-0.25, -0.2) is 4.79 Å². The predicted molar refractivity (Wildman–Crippen MR) is 94.0 cm³/mol. The van der Waals surface area contributed by atoms with Gasteiger partial charge in [0, 0.05) is 29.8 Å². The molecule has 0 aliphatic heterocycles. The van der Waals surface area contributed by atoms with Gasteiger partial charge in [-0.2, -0.15) is 5.10 Å². The topological polar surface area (TPSA) is 92.3 Å². The maximum atomic E-state index is 12.0. The molecule has 2 amide bonds. The van der Waals surface area contributed by atoms with Crippen molar-refractivity contribution in [3.63, 3.8) is 0 Å². The lowest BCUT2D eigenvalue weighted by atomic mass is 10.00. The van der Waals surface area contributed by atoms with E-state index in [1.54, 1.807) is 31.0 Å². The lowest BCUT2D eigenvalue weighted by molar-refractivity contribution is 0.0593. The normalized spacial score (nSPS) is 13.6. The first-order chi connectivity index (χ1) is 11.9. The molecule has 2 aromatic heterocycles. The first-order valence-electron chi connectivity index (χ1n) is 8.07. The zero-order chi connectivity index (χ0) is 18.0. The van der Waals surface area contributed by atoms with Crippen LogP contribution in [0.4, 0.5) is 4.79 Å². The molecule has 0 aliphatic rings. The summed E-state index contributed by atoms with van der Waals surface area (Å²) in [5.41, 5.74) is 1.26. The highest BCUT2D eigenvalue weighted by molar-refractivity contribution is 5.82. The fourth-order valence-electron chi connectivity index (χ4n) is 2.67. The van der Waals surface area contributed by atoms with Crippen LogP contribution >= 0.6 is 0 Å². The predicted octanol–water partition coefficient (Wildman–Crippen LogP) is 2.18. The molecular formula is C18H22N4O3. The minimum Gasteiger partial charge on any atom is -0.459 e. The smallest absolute Gasteiger partial charge is 0.315 e. The number of fused-ring (bicyclic) bond motifs is 1. The standard InChI is InChI=1S/C18H22N4O3/c1-12-14-6-4-5-7-15(14)25-16(12)9-19-17(23)20-11-18(2,24)13-8-21-22(3)10-13/h4-8,10,24H,9,11H2,1-3H3,(H2,19,20,23)/t18-/m0/s1. The van der Waals surface area contributed by atoms with Crippen molar-refractivity contribution >= 4 is 17.0 Å². The van der Waals surface area contributed by atoms with E-state index in [1.165, 1.54) is 0 Å². The van der Waals surface area contributed by atoms with Gasteiger partial charge in [-0.05, 0) is 19.9 Å². The zero-order valence-electron chi connectivity index (χ0n) is 14.5. The molecular weight excluding hydrogens is 320 g/mol. The van der Waals surface area contributed by atoms with Crippen molar-refractivity contribution in [2.45, 2.75) is 26.0 Å². The third-order valence-corrected chi connectivity index (χ3v) is 4.27. The number of aryl methyl sites for hydroxylation is 2. The molecule has 3 rings (SSSR count). The number of urea groups is 1. The van der Waals surface area contributed by atoms with Gasteiger partial charge in [-0.15, -0.1) is 0 Å². The maximum Gasteiger partial charge on any atom is 0.315 e. The molecule has 0 saturated heterocycles. The largest absolute Gasteiger partial charge is 0.459 e. The van der Waals surface area contributed by atoms with Crippen LogP contribution in [0.1, 0.15) is 23.8 Å². The minimum absolute atomic E-state index is 0.0731. The summed E-state index contributed by atoms with van der Waals surface area (Å²) in [6, 6.07) is 7.38. The van der Waals surface area contributed by atoms with Crippen LogP contribution in [0.2, 0.25) is 0 Å². The molecule has 2 heterocycles. The van der Waals surface area contributed by atoms with E-state index >= 15 is 0 Å². The van der Waals surface area contributed by atoms with Gasteiger partial charge in [0.2, 0.25) is 0 Å². The number of benzene rings is 1. The maximum absolute atomic E-state index is 12.0. The summed E-state index contributed by atoms with van der Waals surface area (Å²) in [6.45, 7) is 3.95. The Morgan fingerprint density at radius 1 is 1.36 bits per heavy atom. The Kier molecular flexibility index (Phi) is 4.50. The number of aliphatic hydroxyl groups is 1. The van der Waals surface area contributed by atoms with E-state index in [0.29, 0.717) is 5.56 Å². The van der Waals surface area contributed by atoms with Crippen molar-refractivity contribution in [2.75, 3.05) is 6.54 Å². The van der Waals surface area contributed by atoms with E-state index in [-0.39, 0.29) is 19.1 Å². The third kappa shape index (κ3) is 3.66. The fraction of sp³-hybridized carbons (Fsp3) is 0.333. The Balaban J connectivity index is 1.56. The number of hydrogen-bond donors (Lipinski definition) is 3. The highest BCUT2D eigenvalue weighted by atomic mass is 16.3. The number of carbonyl (C=O) groups is 1. The number of nitrogens with one attached hydrogen (secondary N) is 2. The third-order valence-electron chi connectivity index (χ3n) is 4.27. The van der Waals surface area contributed by atoms with Gasteiger partial charge in [0.1, 0.15) is 16.9 Å². The van der Waals surface area contributed by atoms with Crippen LogP contribution in [-0.4, -0.2) is 27.5 Å². The van der Waals surface area contributed by atoms with Crippen molar-refractivity contribution in [1.82, 2.24) is 20.4 Å². The number of hydrogen-bond acceptors (Lipinski definition) is 4. The quantitative estimate of drug-likeness (QED) is 0.663. The van der Waals surface area contributed by atoms with Crippen molar-refractivity contribution in [2.24, 2.45) is 7.05 Å². The van der Waals surface area contributed by atoms with Gasteiger partial charge < -0.3 is 20.2 Å². The molecule has 3 N–H and O–H groups in total. The Morgan fingerprint density at radius 2 is 2.12 bits per heavy atom. The van der Waals surface area contributed by atoms with Crippen LogP contribution < -0.4 is 10.6 Å². The van der Waals surface area contributed by atoms with E-state index < -0.39 is 5.60 Å². The molecule has 7 nitrogen and oxygen atoms in total. The van der Waals surface area contributed by atoms with Crippen molar-refractivity contribution in [3.8, 4) is 0 Å². The summed E-state index contributed by atoms with van der Waals surface area (Å²) in [5, 5.41) is 21.0. The number of amides is 2. The number of para-hydroxylation sites is 1. The number of nitrogens with zero attached hydrogens (tertiary/aromatic N) is 2. The fourth-order valence-corrected chi connectivity index (χ4v) is 2.67. The van der Waals surface area contributed by atoms with Crippen LogP contribution in [0, 0.1) is 6.92 Å². The van der Waals surface area contributed by atoms with Gasteiger partial charge in [-0.3, -0.25) is 4.68 Å². The van der Waals surface area contributed by atoms with Gasteiger partial charge >= 0.3 is 6.03 Å². The number of aromatic nitrogens is 2. The van der Waals surface area contributed by atoms with Crippen LogP contribution in [0.3, 0.4) is 0 Å². The first-order valence-corrected chi connectivity index (χ1v) is 8.07. The summed E-state index contributed by atoms with van der Waals surface area (Å²) >= 11 is 0. The molecule has 7 heteroatoms. The van der Waals surface area contributed by atoms with E-state index in [2.05, 4.69) is 15.7 Å². The summed E-state index contributed by atoms with van der Waals surface area (Å²) in [5.74, 6) is 0.718. The molecule has 132 valence electrons. The van der Waals surface area contributed by atoms with Gasteiger partial charge in [0.25, 0.3) is 0 Å². The second-order valence-corrected chi connectivity index (χ2v) is 6.36. The van der Waals surface area contributed by atoms with E-state index in [0.717, 1.165) is 22.3 Å². The lowest BCUT2D eigenvalue weighted by Gasteiger charge is -2.22. The summed E-state index contributed by atoms with van der Waals surface area (Å²) in [4.78, 5) is 12.0. The molecule has 0 spiro atoms. The van der Waals surface area contributed by atoms with Crippen molar-refractivity contribution < 1.29 is 14.3 Å². The molecule has 1 aromatic carbocycles. The van der Waals surface area contributed by atoms with Crippen molar-refractivity contribution in [1.29, 1.82) is 0 Å². The highest BCUT2D eigenvalue weighted by Crippen LogP contribution is 2.24. The Hall–Kier alpha value is -2.80. The van der Waals surface area contributed by atoms with E-state index in [9.17, 15) is 9.90 Å². The lowest BCUT2D eigenvalue weighted by Crippen LogP contribution is -2.43. The van der Waals surface area contributed by atoms with Crippen LogP contribution in [-0.2, 0) is 19.2 Å². The number of rotatable bonds is 5. The number of carbonyl (C=O) groups excluding carboxylic acids is 1. The summed E-state index contributed by atoms with van der Waals surface area (Å²) in [6.07, 6.45) is 3.30.